The van der Waals surface area contributed by atoms with Crippen molar-refractivity contribution in [3.8, 4) is 0 Å². The molecule has 16 heavy (non-hydrogen) atoms. The standard InChI is InChI=1S/C13H27NOS/c1-4-5-6-7-10-16-12-8-9-14-13(15-3)11(12)2/h11-14H,4-10H2,1-3H3. The fraction of sp³-hybridized carbons (Fsp3) is 1.00. The van der Waals surface area contributed by atoms with Gasteiger partial charge in [0.25, 0.3) is 0 Å². The first-order valence-corrected chi connectivity index (χ1v) is 7.72. The van der Waals surface area contributed by atoms with Gasteiger partial charge in [0.1, 0.15) is 6.23 Å². The number of hydrogen-bond donors (Lipinski definition) is 1. The third-order valence-corrected chi connectivity index (χ3v) is 5.04. The minimum absolute atomic E-state index is 0.266. The summed E-state index contributed by atoms with van der Waals surface area (Å²) in [5, 5.41) is 4.21. The maximum absolute atomic E-state index is 5.45. The molecule has 3 unspecified atom stereocenters. The average Bonchev–Trinajstić information content (AvgIpc) is 2.31. The lowest BCUT2D eigenvalue weighted by Gasteiger charge is -2.35. The van der Waals surface area contributed by atoms with E-state index >= 15 is 0 Å². The molecule has 3 heteroatoms. The van der Waals surface area contributed by atoms with E-state index in [1.807, 2.05) is 7.11 Å². The summed E-state index contributed by atoms with van der Waals surface area (Å²) in [4.78, 5) is 0. The number of rotatable bonds is 7. The molecule has 1 saturated heterocycles. The second kappa shape index (κ2) is 8.37. The molecular formula is C13H27NOS. The van der Waals surface area contributed by atoms with E-state index in [0.29, 0.717) is 5.92 Å². The van der Waals surface area contributed by atoms with Gasteiger partial charge in [0, 0.05) is 18.3 Å². The Bertz CT molecular complexity index is 177. The molecule has 0 aromatic rings. The third-order valence-electron chi connectivity index (χ3n) is 3.42. The highest BCUT2D eigenvalue weighted by atomic mass is 32.2. The summed E-state index contributed by atoms with van der Waals surface area (Å²) >= 11 is 2.16. The zero-order chi connectivity index (χ0) is 11.8. The Labute approximate surface area is 105 Å². The zero-order valence-corrected chi connectivity index (χ0v) is 11.8. The summed E-state index contributed by atoms with van der Waals surface area (Å²) in [6.07, 6.45) is 7.06. The van der Waals surface area contributed by atoms with Gasteiger partial charge in [-0.1, -0.05) is 33.1 Å². The molecule has 3 atom stereocenters. The number of thioether (sulfide) groups is 1. The van der Waals surface area contributed by atoms with E-state index in [0.717, 1.165) is 11.8 Å². The van der Waals surface area contributed by atoms with Gasteiger partial charge in [0.15, 0.2) is 0 Å². The van der Waals surface area contributed by atoms with Gasteiger partial charge in [-0.15, -0.1) is 0 Å². The molecule has 1 aliphatic heterocycles. The van der Waals surface area contributed by atoms with Crippen molar-refractivity contribution < 1.29 is 4.74 Å². The monoisotopic (exact) mass is 245 g/mol. The SMILES string of the molecule is CCCCCCSC1CCNC(OC)C1C. The molecule has 0 aromatic carbocycles. The van der Waals surface area contributed by atoms with E-state index in [-0.39, 0.29) is 6.23 Å². The van der Waals surface area contributed by atoms with Gasteiger partial charge in [-0.05, 0) is 25.1 Å². The van der Waals surface area contributed by atoms with E-state index in [1.165, 1.54) is 37.9 Å². The first-order valence-electron chi connectivity index (χ1n) is 6.67. The molecule has 0 aliphatic carbocycles. The summed E-state index contributed by atoms with van der Waals surface area (Å²) in [5.74, 6) is 1.96. The van der Waals surface area contributed by atoms with E-state index in [4.69, 9.17) is 4.74 Å². The predicted octanol–water partition coefficient (Wildman–Crippen LogP) is 3.27. The number of unbranched alkanes of at least 4 members (excludes halogenated alkanes) is 3. The Morgan fingerprint density at radius 2 is 2.12 bits per heavy atom. The number of hydrogen-bond acceptors (Lipinski definition) is 3. The van der Waals surface area contributed by atoms with Crippen molar-refractivity contribution in [2.45, 2.75) is 57.4 Å². The molecule has 0 amide bonds. The fourth-order valence-electron chi connectivity index (χ4n) is 2.31. The van der Waals surface area contributed by atoms with Gasteiger partial charge in [0.2, 0.25) is 0 Å². The minimum atomic E-state index is 0.266. The van der Waals surface area contributed by atoms with Crippen molar-refractivity contribution in [2.24, 2.45) is 5.92 Å². The molecule has 1 fully saturated rings. The second-order valence-corrected chi connectivity index (χ2v) is 6.08. The van der Waals surface area contributed by atoms with E-state index < -0.39 is 0 Å². The summed E-state index contributed by atoms with van der Waals surface area (Å²) in [6.45, 7) is 5.69. The van der Waals surface area contributed by atoms with E-state index in [9.17, 15) is 0 Å². The maximum atomic E-state index is 5.45. The van der Waals surface area contributed by atoms with Crippen LogP contribution in [0.1, 0.15) is 46.0 Å². The summed E-state index contributed by atoms with van der Waals surface area (Å²) in [5.41, 5.74) is 0. The molecular weight excluding hydrogens is 218 g/mol. The predicted molar refractivity (Wildman–Crippen MR) is 73.0 cm³/mol. The molecule has 0 radical (unpaired) electrons. The smallest absolute Gasteiger partial charge is 0.111 e. The number of methoxy groups -OCH3 is 1. The second-order valence-electron chi connectivity index (χ2n) is 4.73. The molecule has 0 spiro atoms. The van der Waals surface area contributed by atoms with Crippen LogP contribution in [0.3, 0.4) is 0 Å². The average molecular weight is 245 g/mol. The number of ether oxygens (including phenoxy) is 1. The van der Waals surface area contributed by atoms with Gasteiger partial charge in [0.05, 0.1) is 0 Å². The number of piperidine rings is 1. The van der Waals surface area contributed by atoms with Crippen LogP contribution in [0, 0.1) is 5.92 Å². The molecule has 96 valence electrons. The molecule has 2 nitrogen and oxygen atoms in total. The zero-order valence-electron chi connectivity index (χ0n) is 11.0. The lowest BCUT2D eigenvalue weighted by molar-refractivity contribution is 0.0160. The Balaban J connectivity index is 2.15. The van der Waals surface area contributed by atoms with Crippen molar-refractivity contribution in [2.75, 3.05) is 19.4 Å². The van der Waals surface area contributed by atoms with Crippen molar-refractivity contribution >= 4 is 11.8 Å². The highest BCUT2D eigenvalue weighted by molar-refractivity contribution is 7.99. The lowest BCUT2D eigenvalue weighted by atomic mass is 9.99. The lowest BCUT2D eigenvalue weighted by Crippen LogP contribution is -2.47. The fourth-order valence-corrected chi connectivity index (χ4v) is 3.71. The molecule has 1 aliphatic rings. The normalized spacial score (nSPS) is 30.6. The van der Waals surface area contributed by atoms with Gasteiger partial charge < -0.3 is 4.74 Å². The first kappa shape index (κ1) is 14.3. The van der Waals surface area contributed by atoms with Crippen LogP contribution in [-0.2, 0) is 4.74 Å². The highest BCUT2D eigenvalue weighted by Gasteiger charge is 2.29. The van der Waals surface area contributed by atoms with Crippen molar-refractivity contribution in [1.29, 1.82) is 0 Å². The van der Waals surface area contributed by atoms with Gasteiger partial charge >= 0.3 is 0 Å². The molecule has 1 N–H and O–H groups in total. The van der Waals surface area contributed by atoms with Gasteiger partial charge in [-0.25, -0.2) is 0 Å². The Kier molecular flexibility index (Phi) is 7.50. The van der Waals surface area contributed by atoms with E-state index in [1.54, 1.807) is 0 Å². The van der Waals surface area contributed by atoms with Crippen LogP contribution in [-0.4, -0.2) is 30.9 Å². The van der Waals surface area contributed by atoms with Crippen molar-refractivity contribution in [3.05, 3.63) is 0 Å². The summed E-state index contributed by atoms with van der Waals surface area (Å²) in [7, 11) is 1.81. The van der Waals surface area contributed by atoms with Crippen LogP contribution in [0.25, 0.3) is 0 Å². The topological polar surface area (TPSA) is 21.3 Å². The Hall–Kier alpha value is 0.270. The van der Waals surface area contributed by atoms with Gasteiger partial charge in [-0.2, -0.15) is 11.8 Å². The van der Waals surface area contributed by atoms with Crippen molar-refractivity contribution in [3.63, 3.8) is 0 Å². The summed E-state index contributed by atoms with van der Waals surface area (Å²) in [6, 6.07) is 0. The molecule has 1 rings (SSSR count). The summed E-state index contributed by atoms with van der Waals surface area (Å²) < 4.78 is 5.45. The maximum Gasteiger partial charge on any atom is 0.111 e. The van der Waals surface area contributed by atoms with Crippen LogP contribution in [0.5, 0.6) is 0 Å². The first-order chi connectivity index (χ1) is 7.79. The highest BCUT2D eigenvalue weighted by Crippen LogP contribution is 2.29. The largest absolute Gasteiger partial charge is 0.366 e. The molecule has 1 heterocycles. The quantitative estimate of drug-likeness (QED) is 0.696. The number of nitrogens with one attached hydrogen (secondary N) is 1. The molecule has 0 aromatic heterocycles. The van der Waals surface area contributed by atoms with Crippen LogP contribution >= 0.6 is 11.8 Å². The molecule has 0 saturated carbocycles. The van der Waals surface area contributed by atoms with Crippen LogP contribution in [0.2, 0.25) is 0 Å². The van der Waals surface area contributed by atoms with Gasteiger partial charge in [-0.3, -0.25) is 5.32 Å². The van der Waals surface area contributed by atoms with Crippen LogP contribution in [0.15, 0.2) is 0 Å². The van der Waals surface area contributed by atoms with E-state index in [2.05, 4.69) is 30.9 Å². The Morgan fingerprint density at radius 1 is 1.31 bits per heavy atom. The molecule has 0 bridgehead atoms. The van der Waals surface area contributed by atoms with Crippen LogP contribution < -0.4 is 5.32 Å². The van der Waals surface area contributed by atoms with Crippen molar-refractivity contribution in [1.82, 2.24) is 5.32 Å². The Morgan fingerprint density at radius 3 is 2.81 bits per heavy atom. The van der Waals surface area contributed by atoms with Crippen LogP contribution in [0.4, 0.5) is 0 Å². The minimum Gasteiger partial charge on any atom is -0.366 e. The third kappa shape index (κ3) is 4.64.